The van der Waals surface area contributed by atoms with Crippen molar-refractivity contribution in [2.45, 2.75) is 0 Å². The second-order valence-corrected chi connectivity index (χ2v) is 5.79. The van der Waals surface area contributed by atoms with Crippen LogP contribution < -0.4 is 4.74 Å². The molecule has 0 bridgehead atoms. The summed E-state index contributed by atoms with van der Waals surface area (Å²) in [7, 11) is 0. The average Bonchev–Trinajstić information content (AvgIpc) is 3.06. The number of rotatable bonds is 3. The van der Waals surface area contributed by atoms with E-state index >= 15 is 0 Å². The number of esters is 1. The molecule has 4 aromatic rings. The molecule has 4 nitrogen and oxygen atoms in total. The lowest BCUT2D eigenvalue weighted by Crippen LogP contribution is -2.08. The van der Waals surface area contributed by atoms with Gasteiger partial charge in [-0.1, -0.05) is 41.9 Å². The smallest absolute Gasteiger partial charge is 0.345 e. The highest BCUT2D eigenvalue weighted by molar-refractivity contribution is 6.33. The highest BCUT2D eigenvalue weighted by atomic mass is 35.5. The molecule has 0 unspecified atom stereocenters. The molecule has 0 spiro atoms. The van der Waals surface area contributed by atoms with Gasteiger partial charge in [-0.15, -0.1) is 0 Å². The summed E-state index contributed by atoms with van der Waals surface area (Å²) in [4.78, 5) is 16.7. The maximum Gasteiger partial charge on any atom is 0.345 e. The summed E-state index contributed by atoms with van der Waals surface area (Å²) in [5.74, 6) is 0.367. The Morgan fingerprint density at radius 2 is 1.72 bits per heavy atom. The third-order valence-corrected chi connectivity index (χ3v) is 4.01. The number of carbonyl (C=O) groups is 1. The Labute approximate surface area is 148 Å². The Morgan fingerprint density at radius 1 is 0.960 bits per heavy atom. The van der Waals surface area contributed by atoms with Crippen molar-refractivity contribution >= 4 is 28.7 Å². The van der Waals surface area contributed by atoms with E-state index in [0.717, 1.165) is 5.56 Å². The van der Waals surface area contributed by atoms with E-state index in [-0.39, 0.29) is 0 Å². The third-order valence-electron chi connectivity index (χ3n) is 3.68. The predicted molar refractivity (Wildman–Crippen MR) is 95.9 cm³/mol. The molecule has 0 aliphatic rings. The zero-order valence-corrected chi connectivity index (χ0v) is 13.7. The Hall–Kier alpha value is -3.11. The summed E-state index contributed by atoms with van der Waals surface area (Å²) >= 11 is 6.02. The molecule has 0 aliphatic heterocycles. The summed E-state index contributed by atoms with van der Waals surface area (Å²) in [6, 6.07) is 21.4. The normalized spacial score (nSPS) is 10.8. The van der Waals surface area contributed by atoms with Crippen molar-refractivity contribution in [3.8, 4) is 17.2 Å². The lowest BCUT2D eigenvalue weighted by Gasteiger charge is -2.05. The van der Waals surface area contributed by atoms with Gasteiger partial charge in [0.05, 0.1) is 10.6 Å². The number of fused-ring (bicyclic) bond motifs is 1. The molecule has 0 amide bonds. The number of hydrogen-bond donors (Lipinski definition) is 0. The van der Waals surface area contributed by atoms with Gasteiger partial charge in [0.25, 0.3) is 0 Å². The maximum absolute atomic E-state index is 12.2. The van der Waals surface area contributed by atoms with Gasteiger partial charge in [0.1, 0.15) is 11.3 Å². The highest BCUT2D eigenvalue weighted by Gasteiger charge is 2.14. The van der Waals surface area contributed by atoms with Crippen LogP contribution in [0.3, 0.4) is 0 Å². The number of carbonyl (C=O) groups excluding carboxylic acids is 1. The SMILES string of the molecule is O=C(Oc1ccc2nc(-c3ccccc3)oc2c1)c1ccccc1Cl. The van der Waals surface area contributed by atoms with Crippen LogP contribution in [0.1, 0.15) is 10.4 Å². The molecule has 0 aliphatic carbocycles. The minimum Gasteiger partial charge on any atom is -0.436 e. The number of hydrogen-bond acceptors (Lipinski definition) is 4. The summed E-state index contributed by atoms with van der Waals surface area (Å²) in [6.07, 6.45) is 0. The van der Waals surface area contributed by atoms with Crippen molar-refractivity contribution in [1.29, 1.82) is 0 Å². The fourth-order valence-electron chi connectivity index (χ4n) is 2.46. The first-order chi connectivity index (χ1) is 12.2. The average molecular weight is 350 g/mol. The van der Waals surface area contributed by atoms with Crippen LogP contribution >= 0.6 is 11.6 Å². The molecule has 0 N–H and O–H groups in total. The van der Waals surface area contributed by atoms with Gasteiger partial charge in [0.2, 0.25) is 5.89 Å². The van der Waals surface area contributed by atoms with E-state index < -0.39 is 5.97 Å². The molecule has 5 heteroatoms. The number of nitrogens with zero attached hydrogens (tertiary/aromatic N) is 1. The monoisotopic (exact) mass is 349 g/mol. The van der Waals surface area contributed by atoms with Crippen molar-refractivity contribution < 1.29 is 13.9 Å². The lowest BCUT2D eigenvalue weighted by atomic mass is 10.2. The third kappa shape index (κ3) is 3.12. The van der Waals surface area contributed by atoms with Gasteiger partial charge in [0.15, 0.2) is 5.58 Å². The van der Waals surface area contributed by atoms with Crippen LogP contribution in [0.5, 0.6) is 5.75 Å². The highest BCUT2D eigenvalue weighted by Crippen LogP contribution is 2.27. The summed E-state index contributed by atoms with van der Waals surface area (Å²) in [6.45, 7) is 0. The topological polar surface area (TPSA) is 52.3 Å². The van der Waals surface area contributed by atoms with E-state index in [1.54, 1.807) is 42.5 Å². The van der Waals surface area contributed by atoms with Crippen LogP contribution in [0.25, 0.3) is 22.6 Å². The van der Waals surface area contributed by atoms with E-state index in [0.29, 0.717) is 33.3 Å². The molecular weight excluding hydrogens is 338 g/mol. The number of ether oxygens (including phenoxy) is 1. The van der Waals surface area contributed by atoms with Crippen LogP contribution in [0.2, 0.25) is 5.02 Å². The molecule has 0 saturated carbocycles. The fourth-order valence-corrected chi connectivity index (χ4v) is 2.67. The largest absolute Gasteiger partial charge is 0.436 e. The molecule has 0 radical (unpaired) electrons. The lowest BCUT2D eigenvalue weighted by molar-refractivity contribution is 0.0735. The summed E-state index contributed by atoms with van der Waals surface area (Å²) in [5, 5.41) is 0.347. The van der Waals surface area contributed by atoms with E-state index in [4.69, 9.17) is 20.8 Å². The molecule has 0 atom stereocenters. The maximum atomic E-state index is 12.2. The van der Waals surface area contributed by atoms with Crippen LogP contribution in [-0.4, -0.2) is 11.0 Å². The first-order valence-electron chi connectivity index (χ1n) is 7.63. The van der Waals surface area contributed by atoms with Gasteiger partial charge < -0.3 is 9.15 Å². The van der Waals surface area contributed by atoms with Crippen molar-refractivity contribution in [3.05, 3.63) is 83.4 Å². The molecule has 0 fully saturated rings. The van der Waals surface area contributed by atoms with Gasteiger partial charge in [-0.05, 0) is 36.4 Å². The van der Waals surface area contributed by atoms with E-state index in [2.05, 4.69) is 4.98 Å². The number of benzene rings is 3. The Balaban J connectivity index is 1.63. The molecular formula is C20H12ClNO3. The molecule has 1 aromatic heterocycles. The molecule has 3 aromatic carbocycles. The standard InChI is InChI=1S/C20H12ClNO3/c21-16-9-5-4-8-15(16)20(23)24-14-10-11-17-18(12-14)25-19(22-17)13-6-2-1-3-7-13/h1-12H. The number of aromatic nitrogens is 1. The zero-order valence-electron chi connectivity index (χ0n) is 13.0. The first kappa shape index (κ1) is 15.4. The molecule has 25 heavy (non-hydrogen) atoms. The quantitative estimate of drug-likeness (QED) is 0.368. The minimum absolute atomic E-state index is 0.312. The number of halogens is 1. The first-order valence-corrected chi connectivity index (χ1v) is 8.01. The van der Waals surface area contributed by atoms with Crippen LogP contribution in [0, 0.1) is 0 Å². The van der Waals surface area contributed by atoms with Crippen LogP contribution in [-0.2, 0) is 0 Å². The van der Waals surface area contributed by atoms with E-state index in [9.17, 15) is 4.79 Å². The molecule has 1 heterocycles. The van der Waals surface area contributed by atoms with Crippen molar-refractivity contribution in [2.75, 3.05) is 0 Å². The second-order valence-electron chi connectivity index (χ2n) is 5.38. The molecule has 4 rings (SSSR count). The molecule has 0 saturated heterocycles. The Kier molecular flexibility index (Phi) is 3.96. The van der Waals surface area contributed by atoms with Gasteiger partial charge in [-0.3, -0.25) is 0 Å². The summed E-state index contributed by atoms with van der Waals surface area (Å²) < 4.78 is 11.2. The van der Waals surface area contributed by atoms with E-state index in [1.165, 1.54) is 0 Å². The van der Waals surface area contributed by atoms with Gasteiger partial charge >= 0.3 is 5.97 Å². The molecule has 122 valence electrons. The van der Waals surface area contributed by atoms with Crippen molar-refractivity contribution in [1.82, 2.24) is 4.98 Å². The van der Waals surface area contributed by atoms with Gasteiger partial charge in [-0.25, -0.2) is 9.78 Å². The van der Waals surface area contributed by atoms with E-state index in [1.807, 2.05) is 30.3 Å². The second kappa shape index (κ2) is 6.42. The fraction of sp³-hybridized carbons (Fsp3) is 0. The zero-order chi connectivity index (χ0) is 17.2. The predicted octanol–water partition coefficient (Wildman–Crippen LogP) is 5.37. The van der Waals surface area contributed by atoms with Gasteiger partial charge in [0, 0.05) is 11.6 Å². The minimum atomic E-state index is -0.521. The Morgan fingerprint density at radius 3 is 2.52 bits per heavy atom. The van der Waals surface area contributed by atoms with Crippen LogP contribution in [0.4, 0.5) is 0 Å². The number of oxazole rings is 1. The van der Waals surface area contributed by atoms with Gasteiger partial charge in [-0.2, -0.15) is 0 Å². The van der Waals surface area contributed by atoms with Crippen LogP contribution in [0.15, 0.2) is 77.2 Å². The summed E-state index contributed by atoms with van der Waals surface area (Å²) in [5.41, 5.74) is 2.43. The van der Waals surface area contributed by atoms with Crippen molar-refractivity contribution in [3.63, 3.8) is 0 Å². The Bertz CT molecular complexity index is 1060. The van der Waals surface area contributed by atoms with Crippen molar-refractivity contribution in [2.24, 2.45) is 0 Å².